The average Bonchev–Trinajstić information content (AvgIpc) is 3.39. The Kier molecular flexibility index (Phi) is 6.16. The van der Waals surface area contributed by atoms with Crippen LogP contribution in [0.5, 0.6) is 23.0 Å². The van der Waals surface area contributed by atoms with Gasteiger partial charge in [0.15, 0.2) is 28.8 Å². The van der Waals surface area contributed by atoms with Crippen molar-refractivity contribution in [3.05, 3.63) is 45.7 Å². The Labute approximate surface area is 194 Å². The highest BCUT2D eigenvalue weighted by atomic mass is 16.7. The van der Waals surface area contributed by atoms with Crippen LogP contribution in [-0.2, 0) is 11.3 Å². The van der Waals surface area contributed by atoms with E-state index < -0.39 is 0 Å². The lowest BCUT2D eigenvalue weighted by Crippen LogP contribution is -2.28. The van der Waals surface area contributed by atoms with Gasteiger partial charge in [0, 0.05) is 29.6 Å². The van der Waals surface area contributed by atoms with Gasteiger partial charge in [0.25, 0.3) is 12.0 Å². The number of benzene rings is 2. The third kappa shape index (κ3) is 3.61. The second-order valence-electron chi connectivity index (χ2n) is 7.92. The Morgan fingerprint density at radius 3 is 2.12 bits per heavy atom. The van der Waals surface area contributed by atoms with Gasteiger partial charge >= 0.3 is 0 Å². The molecule has 0 bridgehead atoms. The van der Waals surface area contributed by atoms with Crippen molar-refractivity contribution >= 4 is 23.0 Å². The van der Waals surface area contributed by atoms with E-state index in [1.54, 1.807) is 28.8 Å². The fourth-order valence-electron chi connectivity index (χ4n) is 4.26. The first-order chi connectivity index (χ1) is 16.4. The lowest BCUT2D eigenvalue weighted by atomic mass is 10.0. The van der Waals surface area contributed by atoms with Crippen LogP contribution < -0.4 is 24.5 Å². The summed E-state index contributed by atoms with van der Waals surface area (Å²) in [6.45, 7) is 0.931. The summed E-state index contributed by atoms with van der Waals surface area (Å²) in [5.74, 6) is 1.85. The van der Waals surface area contributed by atoms with Gasteiger partial charge in [0.1, 0.15) is 0 Å². The number of nitrogens with zero attached hydrogens (tertiary/aromatic N) is 2. The van der Waals surface area contributed by atoms with Crippen molar-refractivity contribution in [2.75, 3.05) is 41.7 Å². The van der Waals surface area contributed by atoms with Crippen LogP contribution in [0.4, 0.5) is 0 Å². The molecule has 0 fully saturated rings. The normalized spacial score (nSPS) is 12.8. The highest BCUT2D eigenvalue weighted by molar-refractivity contribution is 6.27. The maximum atomic E-state index is 13.6. The largest absolute Gasteiger partial charge is 0.493 e. The highest BCUT2D eigenvalue weighted by Crippen LogP contribution is 2.46. The number of pyridine rings is 1. The molecule has 2 aliphatic rings. The molecule has 1 aliphatic heterocycles. The first-order valence-electron chi connectivity index (χ1n) is 10.4. The summed E-state index contributed by atoms with van der Waals surface area (Å²) in [6, 6.07) is 6.84. The minimum Gasteiger partial charge on any atom is -0.493 e. The summed E-state index contributed by atoms with van der Waals surface area (Å²) in [5, 5.41) is 7.85. The van der Waals surface area contributed by atoms with Crippen molar-refractivity contribution in [1.29, 1.82) is 0 Å². The third-order valence-corrected chi connectivity index (χ3v) is 5.79. The van der Waals surface area contributed by atoms with Gasteiger partial charge in [-0.3, -0.25) is 14.4 Å². The monoisotopic (exact) mass is 468 g/mol. The van der Waals surface area contributed by atoms with Crippen LogP contribution in [0.25, 0.3) is 22.0 Å². The van der Waals surface area contributed by atoms with Crippen LogP contribution in [0, 0.1) is 0 Å². The quantitative estimate of drug-likeness (QED) is 0.440. The van der Waals surface area contributed by atoms with E-state index in [0.717, 1.165) is 0 Å². The predicted octanol–water partition coefficient (Wildman–Crippen LogP) is 2.22. The molecule has 0 atom stereocenters. The summed E-state index contributed by atoms with van der Waals surface area (Å²) in [7, 11) is 6.93. The molecule has 2 aromatic carbocycles. The van der Waals surface area contributed by atoms with Gasteiger partial charge in [-0.2, -0.15) is 0 Å². The molecule has 3 aromatic rings. The molecular weight excluding hydrogens is 444 g/mol. The van der Waals surface area contributed by atoms with Crippen molar-refractivity contribution in [1.82, 2.24) is 9.47 Å². The zero-order chi connectivity index (χ0) is 24.6. The van der Waals surface area contributed by atoms with Crippen LogP contribution in [0.3, 0.4) is 0 Å². The standard InChI is InChI=1S/C23H22N2O6.CH2O2/c1-24(2)5-6-25-21-13-8-18-19(31-11-30-18)9-14(13)22(26)20(21)12-7-16(28-3)17(29-4)10-15(12)23(25)27;2-1-3/h7-10H,5-6,11H2,1-4H3;1H,(H,2,3). The van der Waals surface area contributed by atoms with E-state index in [1.165, 1.54) is 14.2 Å². The molecule has 1 aromatic heterocycles. The first kappa shape index (κ1) is 23.1. The molecule has 0 amide bonds. The zero-order valence-electron chi connectivity index (χ0n) is 19.2. The summed E-state index contributed by atoms with van der Waals surface area (Å²) in [6.07, 6.45) is 0. The number of rotatable bonds is 5. The highest BCUT2D eigenvalue weighted by Gasteiger charge is 2.35. The van der Waals surface area contributed by atoms with Crippen LogP contribution in [0.15, 0.2) is 29.1 Å². The SMILES string of the molecule is COc1cc2c3c(n(CCN(C)C)c(=O)c2cc1OC)-c1cc2c(cc1C3=O)OCO2.O=CO. The number of ether oxygens (including phenoxy) is 4. The summed E-state index contributed by atoms with van der Waals surface area (Å²) in [5.41, 5.74) is 2.07. The van der Waals surface area contributed by atoms with Crippen LogP contribution in [-0.4, -0.2) is 68.5 Å². The Morgan fingerprint density at radius 2 is 1.56 bits per heavy atom. The van der Waals surface area contributed by atoms with Crippen LogP contribution >= 0.6 is 0 Å². The number of carbonyl (C=O) groups is 2. The number of ketones is 1. The fraction of sp³-hybridized carbons (Fsp3) is 0.292. The van der Waals surface area contributed by atoms with E-state index in [0.29, 0.717) is 69.2 Å². The second-order valence-corrected chi connectivity index (χ2v) is 7.92. The molecule has 10 heteroatoms. The van der Waals surface area contributed by atoms with Crippen molar-refractivity contribution in [3.8, 4) is 34.3 Å². The molecule has 5 rings (SSSR count). The summed E-state index contributed by atoms with van der Waals surface area (Å²) >= 11 is 0. The molecule has 0 saturated carbocycles. The van der Waals surface area contributed by atoms with E-state index in [1.807, 2.05) is 19.0 Å². The molecule has 1 N–H and O–H groups in total. The lowest BCUT2D eigenvalue weighted by molar-refractivity contribution is -0.122. The van der Waals surface area contributed by atoms with E-state index in [2.05, 4.69) is 0 Å². The van der Waals surface area contributed by atoms with E-state index in [4.69, 9.17) is 28.8 Å². The number of hydrogen-bond donors (Lipinski definition) is 1. The average molecular weight is 468 g/mol. The Hall–Kier alpha value is -4.05. The van der Waals surface area contributed by atoms with E-state index in [-0.39, 0.29) is 24.6 Å². The molecule has 2 heterocycles. The Morgan fingerprint density at radius 1 is 1.00 bits per heavy atom. The maximum Gasteiger partial charge on any atom is 0.290 e. The molecule has 0 radical (unpaired) electrons. The van der Waals surface area contributed by atoms with Gasteiger partial charge in [0.2, 0.25) is 6.79 Å². The molecule has 10 nitrogen and oxygen atoms in total. The summed E-state index contributed by atoms with van der Waals surface area (Å²) in [4.78, 5) is 37.5. The number of hydrogen-bond acceptors (Lipinski definition) is 8. The minimum atomic E-state index is -0.250. The van der Waals surface area contributed by atoms with Crippen molar-refractivity contribution in [3.63, 3.8) is 0 Å². The molecule has 178 valence electrons. The van der Waals surface area contributed by atoms with Gasteiger partial charge in [-0.1, -0.05) is 0 Å². The van der Waals surface area contributed by atoms with Crippen molar-refractivity contribution in [2.24, 2.45) is 0 Å². The molecular formula is C24H24N2O8. The number of fused-ring (bicyclic) bond motifs is 6. The van der Waals surface area contributed by atoms with Gasteiger partial charge in [-0.25, -0.2) is 0 Å². The lowest BCUT2D eigenvalue weighted by Gasteiger charge is -2.18. The van der Waals surface area contributed by atoms with Crippen molar-refractivity contribution in [2.45, 2.75) is 6.54 Å². The Balaban J connectivity index is 0.000000868. The number of carboxylic acid groups (broad SMARTS) is 1. The predicted molar refractivity (Wildman–Crippen MR) is 124 cm³/mol. The fourth-order valence-corrected chi connectivity index (χ4v) is 4.26. The summed E-state index contributed by atoms with van der Waals surface area (Å²) < 4.78 is 23.5. The van der Waals surface area contributed by atoms with Gasteiger partial charge < -0.3 is 33.5 Å². The molecule has 0 spiro atoms. The van der Waals surface area contributed by atoms with Crippen LogP contribution in [0.2, 0.25) is 0 Å². The Bertz CT molecular complexity index is 1360. The first-order valence-corrected chi connectivity index (χ1v) is 10.4. The van der Waals surface area contributed by atoms with E-state index >= 15 is 0 Å². The number of aromatic nitrogens is 1. The van der Waals surface area contributed by atoms with Gasteiger partial charge in [-0.15, -0.1) is 0 Å². The van der Waals surface area contributed by atoms with E-state index in [9.17, 15) is 9.59 Å². The number of methoxy groups -OCH3 is 2. The number of likely N-dealkylation sites (N-methyl/N-ethyl adjacent to an activating group) is 1. The number of carbonyl (C=O) groups excluding carboxylic acids is 1. The molecule has 1 aliphatic carbocycles. The maximum absolute atomic E-state index is 13.6. The second kappa shape index (κ2) is 9.06. The molecule has 0 saturated heterocycles. The van der Waals surface area contributed by atoms with Gasteiger partial charge in [-0.05, 0) is 38.4 Å². The zero-order valence-corrected chi connectivity index (χ0v) is 19.2. The van der Waals surface area contributed by atoms with Crippen LogP contribution in [0.1, 0.15) is 15.9 Å². The third-order valence-electron chi connectivity index (χ3n) is 5.79. The molecule has 0 unspecified atom stereocenters. The topological polar surface area (TPSA) is 117 Å². The van der Waals surface area contributed by atoms with Crippen molar-refractivity contribution < 1.29 is 33.6 Å². The molecule has 34 heavy (non-hydrogen) atoms. The minimum absolute atomic E-state index is 0.113. The van der Waals surface area contributed by atoms with Gasteiger partial charge in [0.05, 0.1) is 30.9 Å². The smallest absolute Gasteiger partial charge is 0.290 e.